The largest absolute Gasteiger partial charge is 0.364 e. The zero-order valence-corrected chi connectivity index (χ0v) is 16.1. The fraction of sp³-hybridized carbons (Fsp3) is 0.0500. The van der Waals surface area contributed by atoms with Gasteiger partial charge in [0.1, 0.15) is 5.82 Å². The highest BCUT2D eigenvalue weighted by Crippen LogP contribution is 2.34. The van der Waals surface area contributed by atoms with Crippen LogP contribution in [-0.2, 0) is 15.1 Å². The lowest BCUT2D eigenvalue weighted by Gasteiger charge is -2.23. The van der Waals surface area contributed by atoms with Gasteiger partial charge >= 0.3 is 10.3 Å². The smallest absolute Gasteiger partial charge is 0.289 e. The molecule has 156 valence electrons. The molecule has 10 heteroatoms. The van der Waals surface area contributed by atoms with Gasteiger partial charge < -0.3 is 0 Å². The molecule has 0 fully saturated rings. The number of carbonyl (C=O) groups is 1. The van der Waals surface area contributed by atoms with Crippen molar-refractivity contribution in [3.05, 3.63) is 95.6 Å². The van der Waals surface area contributed by atoms with Gasteiger partial charge in [0.25, 0.3) is 5.91 Å². The Morgan fingerprint density at radius 2 is 1.60 bits per heavy atom. The predicted octanol–water partition coefficient (Wildman–Crippen LogP) is 3.54. The van der Waals surface area contributed by atoms with E-state index in [9.17, 15) is 26.5 Å². The number of nitrogens with zero attached hydrogens (tertiary/aromatic N) is 1. The molecule has 0 spiro atoms. The number of nitrogens with one attached hydrogen (secondary N) is 1. The Morgan fingerprint density at radius 3 is 2.20 bits per heavy atom. The molecule has 3 N–H and O–H groups in total. The van der Waals surface area contributed by atoms with Gasteiger partial charge in [0.05, 0.1) is 17.3 Å². The number of hydroxylamine groups is 1. The van der Waals surface area contributed by atoms with Crippen LogP contribution in [-0.4, -0.2) is 24.1 Å². The van der Waals surface area contributed by atoms with Crippen LogP contribution in [0.5, 0.6) is 0 Å². The van der Waals surface area contributed by atoms with Gasteiger partial charge in [-0.3, -0.25) is 14.6 Å². The zero-order valence-electron chi connectivity index (χ0n) is 15.2. The summed E-state index contributed by atoms with van der Waals surface area (Å²) < 4.78 is 61.5. The number of hydrogen-bond donors (Lipinski definition) is 3. The van der Waals surface area contributed by atoms with Gasteiger partial charge in [-0.05, 0) is 35.4 Å². The summed E-state index contributed by atoms with van der Waals surface area (Å²) in [6, 6.07) is 15.9. The molecule has 0 bridgehead atoms. The summed E-state index contributed by atoms with van der Waals surface area (Å²) >= 11 is 0. The van der Waals surface area contributed by atoms with Gasteiger partial charge in [0.15, 0.2) is 5.82 Å². The van der Waals surface area contributed by atoms with Crippen molar-refractivity contribution in [2.24, 2.45) is 0 Å². The topological polar surface area (TPSA) is 107 Å². The van der Waals surface area contributed by atoms with Gasteiger partial charge in [-0.1, -0.05) is 42.5 Å². The summed E-state index contributed by atoms with van der Waals surface area (Å²) in [5.74, 6) is -3.96. The summed E-state index contributed by atoms with van der Waals surface area (Å²) in [5.41, 5.74) is 1.50. The zero-order chi connectivity index (χ0) is 21.9. The molecular weight excluding hydrogens is 418 g/mol. The van der Waals surface area contributed by atoms with Crippen molar-refractivity contribution in [2.45, 2.75) is 5.92 Å². The first-order valence-corrected chi connectivity index (χ1v) is 9.93. The molecule has 3 aromatic rings. The maximum absolute atomic E-state index is 14.3. The molecule has 0 aliphatic carbocycles. The highest BCUT2D eigenvalue weighted by molar-refractivity contribution is 7.87. The molecule has 1 atom stereocenters. The second kappa shape index (κ2) is 8.57. The van der Waals surface area contributed by atoms with E-state index in [0.717, 1.165) is 12.1 Å². The van der Waals surface area contributed by atoms with Crippen LogP contribution in [0.25, 0.3) is 0 Å². The molecule has 0 heterocycles. The highest BCUT2D eigenvalue weighted by atomic mass is 32.2. The molecule has 0 radical (unpaired) electrons. The number of anilines is 2. The van der Waals surface area contributed by atoms with Crippen LogP contribution in [0.3, 0.4) is 0 Å². The van der Waals surface area contributed by atoms with Gasteiger partial charge in [-0.25, -0.2) is 18.6 Å². The number of hydrogen-bond acceptors (Lipinski definition) is 4. The summed E-state index contributed by atoms with van der Waals surface area (Å²) in [6.07, 6.45) is 0. The van der Waals surface area contributed by atoms with E-state index < -0.39 is 39.5 Å². The van der Waals surface area contributed by atoms with Crippen LogP contribution in [0, 0.1) is 11.6 Å². The Kier molecular flexibility index (Phi) is 6.11. The summed E-state index contributed by atoms with van der Waals surface area (Å²) in [7, 11) is -5.02. The third-order valence-corrected chi connectivity index (χ3v) is 5.17. The fourth-order valence-corrected chi connectivity index (χ4v) is 3.86. The van der Waals surface area contributed by atoms with E-state index in [1.54, 1.807) is 35.8 Å². The molecule has 1 amide bonds. The van der Waals surface area contributed by atoms with Crippen LogP contribution in [0.15, 0.2) is 72.8 Å². The molecule has 0 aromatic heterocycles. The van der Waals surface area contributed by atoms with Crippen LogP contribution < -0.4 is 9.79 Å². The molecule has 0 aliphatic heterocycles. The Balaban J connectivity index is 2.16. The van der Waals surface area contributed by atoms with Crippen molar-refractivity contribution in [1.82, 2.24) is 5.48 Å². The van der Waals surface area contributed by atoms with Crippen LogP contribution in [0.1, 0.15) is 17.0 Å². The average Bonchev–Trinajstić information content (AvgIpc) is 2.70. The van der Waals surface area contributed by atoms with Crippen molar-refractivity contribution in [3.63, 3.8) is 0 Å². The van der Waals surface area contributed by atoms with E-state index in [-0.39, 0.29) is 15.6 Å². The van der Waals surface area contributed by atoms with Crippen LogP contribution >= 0.6 is 0 Å². The number of benzene rings is 3. The minimum atomic E-state index is -5.02. The van der Waals surface area contributed by atoms with E-state index in [1.165, 1.54) is 24.3 Å². The minimum Gasteiger partial charge on any atom is -0.289 e. The van der Waals surface area contributed by atoms with E-state index in [1.807, 2.05) is 0 Å². The fourth-order valence-electron chi connectivity index (χ4n) is 3.08. The van der Waals surface area contributed by atoms with Crippen molar-refractivity contribution in [2.75, 3.05) is 4.31 Å². The molecule has 3 rings (SSSR count). The maximum atomic E-state index is 14.3. The van der Waals surface area contributed by atoms with Crippen molar-refractivity contribution < 1.29 is 31.8 Å². The third-order valence-electron chi connectivity index (χ3n) is 4.30. The monoisotopic (exact) mass is 434 g/mol. The molecule has 3 aromatic carbocycles. The Hall–Kier alpha value is -3.34. The van der Waals surface area contributed by atoms with Gasteiger partial charge in [0.2, 0.25) is 0 Å². The van der Waals surface area contributed by atoms with E-state index in [2.05, 4.69) is 0 Å². The van der Waals surface area contributed by atoms with E-state index in [4.69, 9.17) is 5.21 Å². The first kappa shape index (κ1) is 21.4. The van der Waals surface area contributed by atoms with E-state index in [0.29, 0.717) is 11.6 Å². The number of amides is 1. The number of halogens is 2. The molecular formula is C20H16F2N2O5S. The molecule has 1 unspecified atom stereocenters. The van der Waals surface area contributed by atoms with Gasteiger partial charge in [0, 0.05) is 6.07 Å². The highest BCUT2D eigenvalue weighted by Gasteiger charge is 2.28. The minimum absolute atomic E-state index is 0.202. The first-order valence-electron chi connectivity index (χ1n) is 8.54. The van der Waals surface area contributed by atoms with Crippen molar-refractivity contribution in [3.8, 4) is 0 Å². The Morgan fingerprint density at radius 1 is 0.933 bits per heavy atom. The lowest BCUT2D eigenvalue weighted by molar-refractivity contribution is -0.129. The van der Waals surface area contributed by atoms with Crippen LogP contribution in [0.2, 0.25) is 0 Å². The first-order chi connectivity index (χ1) is 14.2. The average molecular weight is 434 g/mol. The van der Waals surface area contributed by atoms with Gasteiger partial charge in [-0.2, -0.15) is 8.42 Å². The molecule has 30 heavy (non-hydrogen) atoms. The van der Waals surface area contributed by atoms with E-state index >= 15 is 0 Å². The predicted molar refractivity (Wildman–Crippen MR) is 105 cm³/mol. The summed E-state index contributed by atoms with van der Waals surface area (Å²) in [5, 5.41) is 9.15. The summed E-state index contributed by atoms with van der Waals surface area (Å²) in [4.78, 5) is 12.3. The second-order valence-electron chi connectivity index (χ2n) is 6.25. The molecule has 0 aliphatic rings. The summed E-state index contributed by atoms with van der Waals surface area (Å²) in [6.45, 7) is 0. The molecule has 0 saturated carbocycles. The maximum Gasteiger partial charge on any atom is 0.364 e. The Labute approximate surface area is 171 Å². The van der Waals surface area contributed by atoms with Gasteiger partial charge in [-0.15, -0.1) is 0 Å². The quantitative estimate of drug-likeness (QED) is 0.313. The number of carbonyl (C=O) groups excluding carboxylic acids is 1. The molecule has 0 saturated heterocycles. The second-order valence-corrected chi connectivity index (χ2v) is 7.51. The Bertz CT molecular complexity index is 1170. The lowest BCUT2D eigenvalue weighted by atomic mass is 9.90. The lowest BCUT2D eigenvalue weighted by Crippen LogP contribution is -2.28. The molecule has 7 nitrogen and oxygen atoms in total. The normalized spacial score (nSPS) is 12.3. The standard InChI is InChI=1S/C20H16F2N2O5S/c21-15-9-10-18(17(22)12-15)24(30(27,28)29)16-8-4-7-14(11-16)19(20(25)23-26)13-5-2-1-3-6-13/h1-12,19,26H,(H,23,25)(H,27,28,29). The number of rotatable bonds is 6. The third kappa shape index (κ3) is 4.46. The van der Waals surface area contributed by atoms with Crippen molar-refractivity contribution >= 4 is 27.6 Å². The van der Waals surface area contributed by atoms with Crippen LogP contribution in [0.4, 0.5) is 20.2 Å². The van der Waals surface area contributed by atoms with Crippen molar-refractivity contribution in [1.29, 1.82) is 0 Å². The SMILES string of the molecule is O=C(NO)C(c1ccccc1)c1cccc(N(c2ccc(F)cc2F)S(=O)(=O)O)c1.